The van der Waals surface area contributed by atoms with Crippen molar-refractivity contribution in [3.8, 4) is 0 Å². The van der Waals surface area contributed by atoms with Gasteiger partial charge < -0.3 is 15.3 Å². The molecule has 1 heterocycles. The number of nitrogens with zero attached hydrogens (tertiary/aromatic N) is 1. The number of likely N-dealkylation sites (tertiary alicyclic amines) is 1. The highest BCUT2D eigenvalue weighted by Crippen LogP contribution is 2.27. The molecule has 16 heavy (non-hydrogen) atoms. The Labute approximate surface area is 94.8 Å². The van der Waals surface area contributed by atoms with Crippen molar-refractivity contribution in [1.29, 1.82) is 0 Å². The predicted molar refractivity (Wildman–Crippen MR) is 58.0 cm³/mol. The van der Waals surface area contributed by atoms with Crippen molar-refractivity contribution >= 4 is 11.9 Å². The molecule has 1 saturated carbocycles. The molecule has 0 bridgehead atoms. The van der Waals surface area contributed by atoms with E-state index in [9.17, 15) is 9.59 Å². The molecule has 1 aliphatic heterocycles. The molecule has 2 rings (SSSR count). The molecule has 2 N–H and O–H groups in total. The number of carboxylic acid groups (broad SMARTS) is 1. The van der Waals surface area contributed by atoms with Crippen LogP contribution in [0.5, 0.6) is 0 Å². The van der Waals surface area contributed by atoms with Gasteiger partial charge in [0.25, 0.3) is 0 Å². The fraction of sp³-hybridized carbons (Fsp3) is 0.818. The largest absolute Gasteiger partial charge is 0.480 e. The molecule has 0 radical (unpaired) electrons. The van der Waals surface area contributed by atoms with Crippen molar-refractivity contribution in [2.45, 2.75) is 31.7 Å². The van der Waals surface area contributed by atoms with Crippen LogP contribution in [0.1, 0.15) is 25.7 Å². The third-order valence-electron chi connectivity index (χ3n) is 3.26. The van der Waals surface area contributed by atoms with Gasteiger partial charge in [-0.2, -0.15) is 0 Å². The Hall–Kier alpha value is -1.10. The van der Waals surface area contributed by atoms with E-state index in [1.807, 2.05) is 0 Å². The molecule has 2 aliphatic rings. The zero-order valence-electron chi connectivity index (χ0n) is 9.32. The van der Waals surface area contributed by atoms with E-state index in [2.05, 4.69) is 5.32 Å². The summed E-state index contributed by atoms with van der Waals surface area (Å²) in [6, 6.07) is -0.602. The van der Waals surface area contributed by atoms with Gasteiger partial charge in [-0.05, 0) is 38.1 Å². The number of rotatable bonds is 5. The highest BCUT2D eigenvalue weighted by molar-refractivity contribution is 5.85. The molecule has 0 aromatic rings. The van der Waals surface area contributed by atoms with E-state index in [1.165, 1.54) is 17.7 Å². The summed E-state index contributed by atoms with van der Waals surface area (Å²) >= 11 is 0. The highest BCUT2D eigenvalue weighted by atomic mass is 16.4. The van der Waals surface area contributed by atoms with Gasteiger partial charge in [-0.25, -0.2) is 4.79 Å². The first-order chi connectivity index (χ1) is 7.68. The standard InChI is InChI=1S/C11H18N2O3/c14-10(7-12-6-8-3-4-8)13-5-1-2-9(13)11(15)16/h8-9,12H,1-7H2,(H,15,16)/t9-/m0/s1. The van der Waals surface area contributed by atoms with E-state index < -0.39 is 12.0 Å². The number of carbonyl (C=O) groups is 2. The predicted octanol–water partition coefficient (Wildman–Crippen LogP) is 0.0616. The molecule has 0 aromatic carbocycles. The van der Waals surface area contributed by atoms with Crippen LogP contribution in [0.2, 0.25) is 0 Å². The molecule has 0 spiro atoms. The van der Waals surface area contributed by atoms with Crippen LogP contribution >= 0.6 is 0 Å². The Kier molecular flexibility index (Phi) is 3.43. The van der Waals surface area contributed by atoms with Gasteiger partial charge in [0.1, 0.15) is 6.04 Å². The Bertz CT molecular complexity index is 289. The van der Waals surface area contributed by atoms with Crippen LogP contribution in [0.3, 0.4) is 0 Å². The quantitative estimate of drug-likeness (QED) is 0.695. The third kappa shape index (κ3) is 2.72. The van der Waals surface area contributed by atoms with Crippen LogP contribution in [0, 0.1) is 5.92 Å². The van der Waals surface area contributed by atoms with Crippen molar-refractivity contribution < 1.29 is 14.7 Å². The number of carboxylic acids is 1. The van der Waals surface area contributed by atoms with Gasteiger partial charge >= 0.3 is 5.97 Å². The second kappa shape index (κ2) is 4.82. The van der Waals surface area contributed by atoms with Crippen molar-refractivity contribution in [2.24, 2.45) is 5.92 Å². The minimum Gasteiger partial charge on any atom is -0.480 e. The maximum absolute atomic E-state index is 11.8. The van der Waals surface area contributed by atoms with Gasteiger partial charge in [0.2, 0.25) is 5.91 Å². The Morgan fingerprint density at radius 1 is 1.31 bits per heavy atom. The van der Waals surface area contributed by atoms with Crippen LogP contribution in [0.15, 0.2) is 0 Å². The zero-order chi connectivity index (χ0) is 11.5. The van der Waals surface area contributed by atoms with E-state index >= 15 is 0 Å². The van der Waals surface area contributed by atoms with Gasteiger partial charge in [-0.1, -0.05) is 0 Å². The Balaban J connectivity index is 1.75. The Morgan fingerprint density at radius 2 is 2.06 bits per heavy atom. The van der Waals surface area contributed by atoms with Crippen LogP contribution in [-0.2, 0) is 9.59 Å². The summed E-state index contributed by atoms with van der Waals surface area (Å²) in [4.78, 5) is 24.1. The lowest BCUT2D eigenvalue weighted by Gasteiger charge is -2.21. The summed E-state index contributed by atoms with van der Waals surface area (Å²) in [5, 5.41) is 12.0. The van der Waals surface area contributed by atoms with Crippen molar-refractivity contribution in [3.05, 3.63) is 0 Å². The molecule has 90 valence electrons. The molecule has 2 fully saturated rings. The molecule has 1 saturated heterocycles. The monoisotopic (exact) mass is 226 g/mol. The molecule has 1 amide bonds. The maximum Gasteiger partial charge on any atom is 0.326 e. The number of hydrogen-bond acceptors (Lipinski definition) is 3. The van der Waals surface area contributed by atoms with E-state index in [0.717, 1.165) is 18.9 Å². The molecule has 0 aromatic heterocycles. The van der Waals surface area contributed by atoms with Gasteiger partial charge in [0.15, 0.2) is 0 Å². The average molecular weight is 226 g/mol. The summed E-state index contributed by atoms with van der Waals surface area (Å²) in [5.41, 5.74) is 0. The topological polar surface area (TPSA) is 69.6 Å². The fourth-order valence-corrected chi connectivity index (χ4v) is 2.13. The lowest BCUT2D eigenvalue weighted by molar-refractivity contribution is -0.147. The van der Waals surface area contributed by atoms with Crippen LogP contribution in [0.4, 0.5) is 0 Å². The lowest BCUT2D eigenvalue weighted by Crippen LogP contribution is -2.44. The zero-order valence-corrected chi connectivity index (χ0v) is 9.32. The van der Waals surface area contributed by atoms with Gasteiger partial charge in [0, 0.05) is 6.54 Å². The fourth-order valence-electron chi connectivity index (χ4n) is 2.13. The average Bonchev–Trinajstić information content (AvgIpc) is 2.93. The normalized spacial score (nSPS) is 24.8. The first kappa shape index (κ1) is 11.4. The van der Waals surface area contributed by atoms with E-state index in [0.29, 0.717) is 13.0 Å². The third-order valence-corrected chi connectivity index (χ3v) is 3.26. The summed E-state index contributed by atoms with van der Waals surface area (Å²) in [5.74, 6) is -0.222. The first-order valence-electron chi connectivity index (χ1n) is 5.91. The minimum atomic E-state index is -0.881. The number of amides is 1. The van der Waals surface area contributed by atoms with E-state index in [1.54, 1.807) is 0 Å². The maximum atomic E-state index is 11.8. The first-order valence-corrected chi connectivity index (χ1v) is 5.91. The van der Waals surface area contributed by atoms with Gasteiger partial charge in [0.05, 0.1) is 6.54 Å². The highest BCUT2D eigenvalue weighted by Gasteiger charge is 2.33. The number of nitrogens with one attached hydrogen (secondary N) is 1. The molecule has 1 aliphatic carbocycles. The van der Waals surface area contributed by atoms with Crippen molar-refractivity contribution in [2.75, 3.05) is 19.6 Å². The van der Waals surface area contributed by atoms with Crippen molar-refractivity contribution in [1.82, 2.24) is 10.2 Å². The molecular weight excluding hydrogens is 208 g/mol. The SMILES string of the molecule is O=C(O)[C@@H]1CCCN1C(=O)CNCC1CC1. The number of aliphatic carboxylic acids is 1. The smallest absolute Gasteiger partial charge is 0.326 e. The summed E-state index contributed by atoms with van der Waals surface area (Å²) < 4.78 is 0. The van der Waals surface area contributed by atoms with Gasteiger partial charge in [-0.15, -0.1) is 0 Å². The second-order valence-corrected chi connectivity index (χ2v) is 4.66. The molecular formula is C11H18N2O3. The number of carbonyl (C=O) groups excluding carboxylic acids is 1. The molecule has 5 nitrogen and oxygen atoms in total. The summed E-state index contributed by atoms with van der Waals surface area (Å²) in [6.07, 6.45) is 3.89. The minimum absolute atomic E-state index is 0.0782. The summed E-state index contributed by atoms with van der Waals surface area (Å²) in [7, 11) is 0. The van der Waals surface area contributed by atoms with E-state index in [-0.39, 0.29) is 12.5 Å². The van der Waals surface area contributed by atoms with Crippen molar-refractivity contribution in [3.63, 3.8) is 0 Å². The summed E-state index contributed by atoms with van der Waals surface area (Å²) in [6.45, 7) is 1.75. The van der Waals surface area contributed by atoms with Crippen LogP contribution in [-0.4, -0.2) is 47.6 Å². The molecule has 1 atom stereocenters. The van der Waals surface area contributed by atoms with E-state index in [4.69, 9.17) is 5.11 Å². The molecule has 5 heteroatoms. The lowest BCUT2D eigenvalue weighted by atomic mass is 10.2. The second-order valence-electron chi connectivity index (χ2n) is 4.66. The molecule has 0 unspecified atom stereocenters. The Morgan fingerprint density at radius 3 is 2.69 bits per heavy atom. The van der Waals surface area contributed by atoms with Crippen LogP contribution < -0.4 is 5.32 Å². The number of hydrogen-bond donors (Lipinski definition) is 2. The van der Waals surface area contributed by atoms with Crippen LogP contribution in [0.25, 0.3) is 0 Å². The van der Waals surface area contributed by atoms with Gasteiger partial charge in [-0.3, -0.25) is 4.79 Å².